The van der Waals surface area contributed by atoms with Crippen LogP contribution in [0.5, 0.6) is 0 Å². The number of Topliss-reactive ketones (excluding diaryl/α,β-unsaturated/α-hetero) is 1. The molecule has 1 heterocycles. The largest absolute Gasteiger partial charge is 0.375 e. The highest BCUT2D eigenvalue weighted by Gasteiger charge is 2.57. The molecule has 0 spiro atoms. The summed E-state index contributed by atoms with van der Waals surface area (Å²) in [7, 11) is 0. The van der Waals surface area contributed by atoms with Gasteiger partial charge in [-0.05, 0) is 30.9 Å². The molecule has 0 saturated heterocycles. The van der Waals surface area contributed by atoms with E-state index in [1.54, 1.807) is 17.0 Å². The van der Waals surface area contributed by atoms with Gasteiger partial charge in [-0.15, -0.1) is 0 Å². The standard InChI is InChI=1S/C21H21NO3/c1-2-13-22-18-10-6-5-9-16(18)21(25,20(22)24)17-12-11-14-7-3-4-8-15(14)19(17)23/h3-10,17,25H,2,11-13H2,1H3/t17-,21+/m1/s1. The predicted molar refractivity (Wildman–Crippen MR) is 95.6 cm³/mol. The second-order valence-corrected chi connectivity index (χ2v) is 6.85. The number of anilines is 1. The van der Waals surface area contributed by atoms with Crippen molar-refractivity contribution in [1.29, 1.82) is 0 Å². The summed E-state index contributed by atoms with van der Waals surface area (Å²) in [6.45, 7) is 2.53. The van der Waals surface area contributed by atoms with Crippen molar-refractivity contribution in [3.05, 3.63) is 65.2 Å². The van der Waals surface area contributed by atoms with Crippen LogP contribution in [0.25, 0.3) is 0 Å². The molecule has 0 aromatic heterocycles. The number of hydrogen-bond donors (Lipinski definition) is 1. The van der Waals surface area contributed by atoms with Gasteiger partial charge in [0.05, 0.1) is 11.6 Å². The molecule has 2 atom stereocenters. The van der Waals surface area contributed by atoms with Crippen molar-refractivity contribution in [2.24, 2.45) is 5.92 Å². The molecule has 1 aliphatic carbocycles. The summed E-state index contributed by atoms with van der Waals surface area (Å²) in [6.07, 6.45) is 1.96. The molecule has 0 bridgehead atoms. The number of fused-ring (bicyclic) bond motifs is 2. The van der Waals surface area contributed by atoms with Crippen molar-refractivity contribution < 1.29 is 14.7 Å². The van der Waals surface area contributed by atoms with E-state index in [2.05, 4.69) is 0 Å². The first-order valence-electron chi connectivity index (χ1n) is 8.85. The molecule has 2 aromatic rings. The van der Waals surface area contributed by atoms with E-state index < -0.39 is 11.5 Å². The van der Waals surface area contributed by atoms with Gasteiger partial charge in [-0.3, -0.25) is 9.59 Å². The number of carbonyl (C=O) groups is 2. The first-order chi connectivity index (χ1) is 12.1. The third kappa shape index (κ3) is 2.17. The summed E-state index contributed by atoms with van der Waals surface area (Å²) < 4.78 is 0. The van der Waals surface area contributed by atoms with Gasteiger partial charge in [-0.1, -0.05) is 49.4 Å². The highest BCUT2D eigenvalue weighted by molar-refractivity contribution is 6.12. The van der Waals surface area contributed by atoms with E-state index in [1.165, 1.54) is 0 Å². The molecule has 1 N–H and O–H groups in total. The molecule has 1 amide bonds. The fourth-order valence-electron chi connectivity index (χ4n) is 4.24. The lowest BCUT2D eigenvalue weighted by atomic mass is 9.71. The number of rotatable bonds is 3. The predicted octanol–water partition coefficient (Wildman–Crippen LogP) is 3.08. The lowest BCUT2D eigenvalue weighted by Gasteiger charge is -2.34. The van der Waals surface area contributed by atoms with Crippen molar-refractivity contribution in [3.8, 4) is 0 Å². The Morgan fingerprint density at radius 3 is 2.64 bits per heavy atom. The Labute approximate surface area is 147 Å². The van der Waals surface area contributed by atoms with Crippen molar-refractivity contribution in [1.82, 2.24) is 0 Å². The van der Waals surface area contributed by atoms with Crippen molar-refractivity contribution in [2.75, 3.05) is 11.4 Å². The molecule has 2 aliphatic rings. The third-order valence-corrected chi connectivity index (χ3v) is 5.43. The Kier molecular flexibility index (Phi) is 3.73. The molecule has 0 fully saturated rings. The van der Waals surface area contributed by atoms with E-state index in [9.17, 15) is 14.7 Å². The highest BCUT2D eigenvalue weighted by atomic mass is 16.3. The normalized spacial score (nSPS) is 25.0. The molecule has 128 valence electrons. The van der Waals surface area contributed by atoms with Crippen LogP contribution in [0.4, 0.5) is 5.69 Å². The van der Waals surface area contributed by atoms with E-state index >= 15 is 0 Å². The van der Waals surface area contributed by atoms with Crippen LogP contribution in [0.3, 0.4) is 0 Å². The molecule has 4 rings (SSSR count). The first-order valence-corrected chi connectivity index (χ1v) is 8.85. The number of ketones is 1. The van der Waals surface area contributed by atoms with Gasteiger partial charge < -0.3 is 10.0 Å². The molecular formula is C21H21NO3. The minimum absolute atomic E-state index is 0.133. The Hall–Kier alpha value is -2.46. The number of nitrogens with zero attached hydrogens (tertiary/aromatic N) is 1. The Balaban J connectivity index is 1.82. The summed E-state index contributed by atoms with van der Waals surface area (Å²) in [4.78, 5) is 27.9. The summed E-state index contributed by atoms with van der Waals surface area (Å²) in [5, 5.41) is 11.5. The van der Waals surface area contributed by atoms with E-state index in [0.29, 0.717) is 30.5 Å². The van der Waals surface area contributed by atoms with Crippen molar-refractivity contribution in [3.63, 3.8) is 0 Å². The number of aryl methyl sites for hydroxylation is 1. The van der Waals surface area contributed by atoms with Crippen LogP contribution in [0.1, 0.15) is 41.3 Å². The number of carbonyl (C=O) groups excluding carboxylic acids is 2. The van der Waals surface area contributed by atoms with Gasteiger partial charge in [-0.25, -0.2) is 0 Å². The van der Waals surface area contributed by atoms with Gasteiger partial charge in [-0.2, -0.15) is 0 Å². The zero-order chi connectivity index (χ0) is 17.6. The molecule has 4 heteroatoms. The van der Waals surface area contributed by atoms with Crippen LogP contribution in [0.2, 0.25) is 0 Å². The summed E-state index contributed by atoms with van der Waals surface area (Å²) in [6, 6.07) is 14.8. The number of benzene rings is 2. The fourth-order valence-corrected chi connectivity index (χ4v) is 4.24. The van der Waals surface area contributed by atoms with Crippen LogP contribution in [0.15, 0.2) is 48.5 Å². The Bertz CT molecular complexity index is 860. The van der Waals surface area contributed by atoms with Gasteiger partial charge in [0, 0.05) is 17.7 Å². The van der Waals surface area contributed by atoms with Crippen LogP contribution >= 0.6 is 0 Å². The van der Waals surface area contributed by atoms with Gasteiger partial charge in [0.1, 0.15) is 0 Å². The minimum atomic E-state index is -1.77. The maximum atomic E-state index is 13.2. The van der Waals surface area contributed by atoms with Crippen molar-refractivity contribution in [2.45, 2.75) is 31.8 Å². The second-order valence-electron chi connectivity index (χ2n) is 6.85. The fraction of sp³-hybridized carbons (Fsp3) is 0.333. The molecule has 25 heavy (non-hydrogen) atoms. The van der Waals surface area contributed by atoms with Gasteiger partial charge in [0.15, 0.2) is 11.4 Å². The Morgan fingerprint density at radius 2 is 1.84 bits per heavy atom. The molecule has 1 aliphatic heterocycles. The van der Waals surface area contributed by atoms with Gasteiger partial charge in [0.25, 0.3) is 5.91 Å². The summed E-state index contributed by atoms with van der Waals surface area (Å²) in [5.41, 5.74) is 1.15. The number of para-hydroxylation sites is 1. The smallest absolute Gasteiger partial charge is 0.264 e. The number of hydrogen-bond acceptors (Lipinski definition) is 3. The molecular weight excluding hydrogens is 314 g/mol. The SMILES string of the molecule is CCCN1C(=O)[C@@](O)([C@@H]2CCc3ccccc3C2=O)c2ccccc21. The van der Waals surface area contributed by atoms with Gasteiger partial charge in [0.2, 0.25) is 0 Å². The van der Waals surface area contributed by atoms with Crippen LogP contribution < -0.4 is 4.90 Å². The average molecular weight is 335 g/mol. The molecule has 0 radical (unpaired) electrons. The quantitative estimate of drug-likeness (QED) is 0.938. The topological polar surface area (TPSA) is 57.6 Å². The van der Waals surface area contributed by atoms with Crippen LogP contribution in [-0.4, -0.2) is 23.3 Å². The van der Waals surface area contributed by atoms with E-state index in [0.717, 1.165) is 17.7 Å². The monoisotopic (exact) mass is 335 g/mol. The number of amides is 1. The van der Waals surface area contributed by atoms with E-state index in [4.69, 9.17) is 0 Å². The van der Waals surface area contributed by atoms with E-state index in [-0.39, 0.29) is 11.7 Å². The summed E-state index contributed by atoms with van der Waals surface area (Å²) in [5.74, 6) is -1.24. The maximum Gasteiger partial charge on any atom is 0.264 e. The van der Waals surface area contributed by atoms with E-state index in [1.807, 2.05) is 43.3 Å². The zero-order valence-corrected chi connectivity index (χ0v) is 14.2. The zero-order valence-electron chi connectivity index (χ0n) is 14.2. The van der Waals surface area contributed by atoms with Crippen molar-refractivity contribution >= 4 is 17.4 Å². The average Bonchev–Trinajstić information content (AvgIpc) is 2.85. The second kappa shape index (κ2) is 5.81. The lowest BCUT2D eigenvalue weighted by Crippen LogP contribution is -2.49. The Morgan fingerprint density at radius 1 is 1.12 bits per heavy atom. The highest BCUT2D eigenvalue weighted by Crippen LogP contribution is 2.48. The molecule has 0 unspecified atom stereocenters. The van der Waals surface area contributed by atoms with Gasteiger partial charge >= 0.3 is 0 Å². The molecule has 4 nitrogen and oxygen atoms in total. The van der Waals surface area contributed by atoms with Crippen LogP contribution in [-0.2, 0) is 16.8 Å². The molecule has 2 aromatic carbocycles. The maximum absolute atomic E-state index is 13.2. The first kappa shape index (κ1) is 16.0. The number of aliphatic hydroxyl groups is 1. The molecule has 0 saturated carbocycles. The third-order valence-electron chi connectivity index (χ3n) is 5.43. The van der Waals surface area contributed by atoms with Crippen LogP contribution in [0, 0.1) is 5.92 Å². The summed E-state index contributed by atoms with van der Waals surface area (Å²) >= 11 is 0. The lowest BCUT2D eigenvalue weighted by molar-refractivity contribution is -0.140. The minimum Gasteiger partial charge on any atom is -0.375 e.